The van der Waals surface area contributed by atoms with Gasteiger partial charge in [-0.15, -0.1) is 0 Å². The second kappa shape index (κ2) is 3.97. The molecular formula is C12H21N3. The van der Waals surface area contributed by atoms with Gasteiger partial charge in [-0.2, -0.15) is 0 Å². The molecule has 1 heterocycles. The van der Waals surface area contributed by atoms with Crippen LogP contribution in [-0.2, 0) is 5.41 Å². The summed E-state index contributed by atoms with van der Waals surface area (Å²) in [6.07, 6.45) is 5.85. The summed E-state index contributed by atoms with van der Waals surface area (Å²) < 4.78 is 0. The summed E-state index contributed by atoms with van der Waals surface area (Å²) in [4.78, 5) is 8.04. The number of hydrogen-bond acceptors (Lipinski definition) is 2. The van der Waals surface area contributed by atoms with Gasteiger partial charge in [-0.25, -0.2) is 4.98 Å². The Labute approximate surface area is 91.7 Å². The summed E-state index contributed by atoms with van der Waals surface area (Å²) in [5.74, 6) is 1.73. The highest BCUT2D eigenvalue weighted by atomic mass is 15.0. The molecule has 0 spiro atoms. The topological polar surface area (TPSA) is 40.7 Å². The summed E-state index contributed by atoms with van der Waals surface area (Å²) in [5, 5.41) is 3.29. The third-order valence-electron chi connectivity index (χ3n) is 3.55. The summed E-state index contributed by atoms with van der Waals surface area (Å²) >= 11 is 0. The first-order valence-electron chi connectivity index (χ1n) is 5.88. The van der Waals surface area contributed by atoms with Gasteiger partial charge in [0, 0.05) is 23.9 Å². The molecule has 1 aliphatic rings. The molecule has 3 nitrogen and oxygen atoms in total. The van der Waals surface area contributed by atoms with Crippen molar-refractivity contribution in [3.63, 3.8) is 0 Å². The first-order valence-corrected chi connectivity index (χ1v) is 5.88. The lowest BCUT2D eigenvalue weighted by molar-refractivity contribution is 0.226. The van der Waals surface area contributed by atoms with E-state index in [2.05, 4.69) is 29.1 Å². The van der Waals surface area contributed by atoms with Crippen LogP contribution in [0.3, 0.4) is 0 Å². The van der Waals surface area contributed by atoms with Crippen molar-refractivity contribution in [2.75, 3.05) is 13.6 Å². The number of H-pyrrole nitrogens is 1. The summed E-state index contributed by atoms with van der Waals surface area (Å²) in [7, 11) is 2.02. The minimum absolute atomic E-state index is 0.294. The zero-order valence-electron chi connectivity index (χ0n) is 9.93. The van der Waals surface area contributed by atoms with Gasteiger partial charge in [0.1, 0.15) is 5.82 Å². The molecule has 1 aromatic heterocycles. The lowest BCUT2D eigenvalue weighted by atomic mass is 9.68. The van der Waals surface area contributed by atoms with Gasteiger partial charge in [-0.1, -0.05) is 20.3 Å². The van der Waals surface area contributed by atoms with Crippen molar-refractivity contribution in [3.8, 4) is 0 Å². The van der Waals surface area contributed by atoms with Crippen LogP contribution in [0.15, 0.2) is 6.20 Å². The Bertz CT molecular complexity index is 323. The van der Waals surface area contributed by atoms with E-state index in [0.717, 1.165) is 6.54 Å². The predicted octanol–water partition coefficient (Wildman–Crippen LogP) is 2.17. The van der Waals surface area contributed by atoms with Crippen molar-refractivity contribution in [1.82, 2.24) is 15.3 Å². The maximum Gasteiger partial charge on any atom is 0.113 e. The van der Waals surface area contributed by atoms with Gasteiger partial charge in [0.2, 0.25) is 0 Å². The third kappa shape index (κ3) is 1.81. The second-order valence-electron chi connectivity index (χ2n) is 5.01. The van der Waals surface area contributed by atoms with Crippen LogP contribution in [0, 0.1) is 0 Å². The van der Waals surface area contributed by atoms with Crippen LogP contribution in [0.1, 0.15) is 50.5 Å². The number of aromatic amines is 1. The fourth-order valence-electron chi connectivity index (χ4n) is 2.34. The first kappa shape index (κ1) is 10.7. The average Bonchev–Trinajstić information content (AvgIpc) is 2.60. The fraction of sp³-hybridized carbons (Fsp3) is 0.750. The third-order valence-corrected chi connectivity index (χ3v) is 3.55. The number of imidazole rings is 1. The molecule has 0 amide bonds. The van der Waals surface area contributed by atoms with E-state index < -0.39 is 0 Å². The highest BCUT2D eigenvalue weighted by molar-refractivity contribution is 5.18. The Kier molecular flexibility index (Phi) is 2.83. The van der Waals surface area contributed by atoms with Crippen molar-refractivity contribution in [2.45, 2.75) is 44.4 Å². The van der Waals surface area contributed by atoms with Crippen molar-refractivity contribution in [3.05, 3.63) is 17.7 Å². The number of hydrogen-bond donors (Lipinski definition) is 2. The normalized spacial score (nSPS) is 19.2. The monoisotopic (exact) mass is 207 g/mol. The van der Waals surface area contributed by atoms with Crippen molar-refractivity contribution < 1.29 is 0 Å². The maximum atomic E-state index is 4.55. The molecule has 1 aromatic rings. The number of nitrogens with zero attached hydrogens (tertiary/aromatic N) is 1. The van der Waals surface area contributed by atoms with Crippen molar-refractivity contribution in [1.29, 1.82) is 0 Å². The Morgan fingerprint density at radius 2 is 2.27 bits per heavy atom. The molecule has 0 bridgehead atoms. The minimum atomic E-state index is 0.294. The SMILES string of the molecule is CNCC1(c2ncc(C(C)C)[nH]2)CCC1. The van der Waals surface area contributed by atoms with E-state index in [0.29, 0.717) is 11.3 Å². The molecular weight excluding hydrogens is 186 g/mol. The standard InChI is InChI=1S/C12H21N3/c1-9(2)10-7-14-11(15-10)12(8-13-3)5-4-6-12/h7,9,13H,4-6,8H2,1-3H3,(H,14,15). The number of rotatable bonds is 4. The molecule has 3 heteroatoms. The molecule has 2 N–H and O–H groups in total. The van der Waals surface area contributed by atoms with Crippen LogP contribution >= 0.6 is 0 Å². The van der Waals surface area contributed by atoms with Gasteiger partial charge in [0.15, 0.2) is 0 Å². The first-order chi connectivity index (χ1) is 7.18. The van der Waals surface area contributed by atoms with Crippen LogP contribution < -0.4 is 5.32 Å². The van der Waals surface area contributed by atoms with Gasteiger partial charge in [0.05, 0.1) is 0 Å². The Balaban J connectivity index is 2.19. The molecule has 0 unspecified atom stereocenters. The van der Waals surface area contributed by atoms with Gasteiger partial charge in [-0.3, -0.25) is 0 Å². The quantitative estimate of drug-likeness (QED) is 0.794. The molecule has 84 valence electrons. The zero-order valence-corrected chi connectivity index (χ0v) is 9.93. The van der Waals surface area contributed by atoms with E-state index in [-0.39, 0.29) is 0 Å². The van der Waals surface area contributed by atoms with Crippen LogP contribution in [0.5, 0.6) is 0 Å². The lowest BCUT2D eigenvalue weighted by Crippen LogP contribution is -2.43. The molecule has 0 aromatic carbocycles. The molecule has 1 aliphatic carbocycles. The van der Waals surface area contributed by atoms with Crippen molar-refractivity contribution in [2.24, 2.45) is 0 Å². The lowest BCUT2D eigenvalue weighted by Gasteiger charge is -2.40. The molecule has 0 atom stereocenters. The highest BCUT2D eigenvalue weighted by Crippen LogP contribution is 2.41. The van der Waals surface area contributed by atoms with E-state index in [1.165, 1.54) is 30.8 Å². The zero-order chi connectivity index (χ0) is 10.9. The maximum absolute atomic E-state index is 4.55. The minimum Gasteiger partial charge on any atom is -0.345 e. The molecule has 1 saturated carbocycles. The molecule has 15 heavy (non-hydrogen) atoms. The average molecular weight is 207 g/mol. The molecule has 0 radical (unpaired) electrons. The van der Waals surface area contributed by atoms with Crippen LogP contribution in [0.25, 0.3) is 0 Å². The van der Waals surface area contributed by atoms with Gasteiger partial charge in [0.25, 0.3) is 0 Å². The van der Waals surface area contributed by atoms with E-state index in [1.54, 1.807) is 0 Å². The van der Waals surface area contributed by atoms with Gasteiger partial charge < -0.3 is 10.3 Å². The van der Waals surface area contributed by atoms with Crippen molar-refractivity contribution >= 4 is 0 Å². The van der Waals surface area contributed by atoms with E-state index in [4.69, 9.17) is 0 Å². The molecule has 1 fully saturated rings. The molecule has 0 aliphatic heterocycles. The predicted molar refractivity (Wildman–Crippen MR) is 62.1 cm³/mol. The van der Waals surface area contributed by atoms with Crippen LogP contribution in [0.2, 0.25) is 0 Å². The summed E-state index contributed by atoms with van der Waals surface area (Å²) in [6, 6.07) is 0. The van der Waals surface area contributed by atoms with E-state index in [1.807, 2.05) is 13.2 Å². The number of likely N-dealkylation sites (N-methyl/N-ethyl adjacent to an activating group) is 1. The molecule has 0 saturated heterocycles. The largest absolute Gasteiger partial charge is 0.345 e. The van der Waals surface area contributed by atoms with E-state index >= 15 is 0 Å². The highest BCUT2D eigenvalue weighted by Gasteiger charge is 2.40. The molecule has 2 rings (SSSR count). The smallest absolute Gasteiger partial charge is 0.113 e. The fourth-order valence-corrected chi connectivity index (χ4v) is 2.34. The van der Waals surface area contributed by atoms with Crippen LogP contribution in [-0.4, -0.2) is 23.6 Å². The summed E-state index contributed by atoms with van der Waals surface area (Å²) in [5.41, 5.74) is 1.55. The second-order valence-corrected chi connectivity index (χ2v) is 5.01. The van der Waals surface area contributed by atoms with Gasteiger partial charge in [-0.05, 0) is 25.8 Å². The number of nitrogens with one attached hydrogen (secondary N) is 2. The van der Waals surface area contributed by atoms with Gasteiger partial charge >= 0.3 is 0 Å². The summed E-state index contributed by atoms with van der Waals surface area (Å²) in [6.45, 7) is 5.43. The Morgan fingerprint density at radius 1 is 1.53 bits per heavy atom. The number of aromatic nitrogens is 2. The van der Waals surface area contributed by atoms with E-state index in [9.17, 15) is 0 Å². The Morgan fingerprint density at radius 3 is 2.67 bits per heavy atom. The van der Waals surface area contributed by atoms with Crippen LogP contribution in [0.4, 0.5) is 0 Å². The Hall–Kier alpha value is -0.830.